The van der Waals surface area contributed by atoms with Gasteiger partial charge in [0.15, 0.2) is 0 Å². The van der Waals surface area contributed by atoms with Crippen LogP contribution in [-0.4, -0.2) is 40.4 Å². The van der Waals surface area contributed by atoms with Crippen LogP contribution in [0, 0.1) is 23.4 Å². The Bertz CT molecular complexity index is 1350. The molecule has 38 heavy (non-hydrogen) atoms. The van der Waals surface area contributed by atoms with Crippen LogP contribution in [0.15, 0.2) is 42.5 Å². The Hall–Kier alpha value is -3.27. The molecule has 0 unspecified atom stereocenters. The van der Waals surface area contributed by atoms with Crippen LogP contribution >= 0.6 is 11.8 Å². The number of rotatable bonds is 6. The van der Waals surface area contributed by atoms with Gasteiger partial charge in [-0.1, -0.05) is 40.7 Å². The number of hydrogen-bond acceptors (Lipinski definition) is 4. The molecule has 1 aliphatic heterocycles. The van der Waals surface area contributed by atoms with Crippen molar-refractivity contribution >= 4 is 29.4 Å². The second kappa shape index (κ2) is 10.8. The smallest absolute Gasteiger partial charge is 0.240 e. The number of benzene rings is 2. The SMILES string of the molecule is CC(C)CNC(=O)CN1C(=O)CS[C@H](c2ccc(F)cc2F)c2c(C(C)(C)C)nn(-c3ccc(F)cc3)c21. The van der Waals surface area contributed by atoms with E-state index in [1.165, 1.54) is 57.7 Å². The highest BCUT2D eigenvalue weighted by Crippen LogP contribution is 2.49. The van der Waals surface area contributed by atoms with Gasteiger partial charge in [0.2, 0.25) is 11.8 Å². The molecule has 0 saturated heterocycles. The second-order valence-corrected chi connectivity index (χ2v) is 11.9. The Morgan fingerprint density at radius 3 is 2.37 bits per heavy atom. The molecule has 1 aliphatic rings. The maximum Gasteiger partial charge on any atom is 0.240 e. The molecule has 3 aromatic rings. The first-order chi connectivity index (χ1) is 17.9. The quantitative estimate of drug-likeness (QED) is 0.443. The Kier molecular flexibility index (Phi) is 7.92. The van der Waals surface area contributed by atoms with E-state index in [-0.39, 0.29) is 35.6 Å². The fourth-order valence-electron chi connectivity index (χ4n) is 4.31. The maximum atomic E-state index is 15.2. The molecule has 0 aliphatic carbocycles. The molecular formula is C28H31F3N4O2S. The summed E-state index contributed by atoms with van der Waals surface area (Å²) in [5.41, 5.74) is 1.27. The summed E-state index contributed by atoms with van der Waals surface area (Å²) in [6, 6.07) is 9.01. The average Bonchev–Trinajstić information content (AvgIpc) is 3.17. The first-order valence-electron chi connectivity index (χ1n) is 12.4. The first-order valence-corrected chi connectivity index (χ1v) is 13.4. The fraction of sp³-hybridized carbons (Fsp3) is 0.393. The molecule has 1 aromatic heterocycles. The van der Waals surface area contributed by atoms with Crippen LogP contribution in [0.1, 0.15) is 56.7 Å². The van der Waals surface area contributed by atoms with Gasteiger partial charge in [0, 0.05) is 29.2 Å². The summed E-state index contributed by atoms with van der Waals surface area (Å²) in [7, 11) is 0. The number of hydrogen-bond donors (Lipinski definition) is 1. The minimum Gasteiger partial charge on any atom is -0.354 e. The predicted molar refractivity (Wildman–Crippen MR) is 143 cm³/mol. The van der Waals surface area contributed by atoms with Gasteiger partial charge in [0.05, 0.1) is 22.4 Å². The minimum absolute atomic E-state index is 0.0410. The third kappa shape index (κ3) is 5.75. The van der Waals surface area contributed by atoms with Gasteiger partial charge in [-0.15, -0.1) is 11.8 Å². The van der Waals surface area contributed by atoms with Crippen molar-refractivity contribution < 1.29 is 22.8 Å². The fourth-order valence-corrected chi connectivity index (χ4v) is 5.53. The molecule has 10 heteroatoms. The molecule has 1 atom stereocenters. The third-order valence-corrected chi connectivity index (χ3v) is 7.36. The van der Waals surface area contributed by atoms with Crippen LogP contribution in [-0.2, 0) is 15.0 Å². The van der Waals surface area contributed by atoms with Gasteiger partial charge in [-0.3, -0.25) is 14.5 Å². The van der Waals surface area contributed by atoms with E-state index < -0.39 is 28.1 Å². The first kappa shape index (κ1) is 27.8. The van der Waals surface area contributed by atoms with Crippen molar-refractivity contribution in [2.45, 2.75) is 45.3 Å². The van der Waals surface area contributed by atoms with Crippen molar-refractivity contribution in [1.29, 1.82) is 0 Å². The number of carbonyl (C=O) groups excluding carboxylic acids is 2. The molecule has 0 saturated carbocycles. The van der Waals surface area contributed by atoms with E-state index in [2.05, 4.69) is 5.32 Å². The second-order valence-electron chi connectivity index (χ2n) is 10.8. The predicted octanol–water partition coefficient (Wildman–Crippen LogP) is 5.53. The molecule has 6 nitrogen and oxygen atoms in total. The van der Waals surface area contributed by atoms with Crippen LogP contribution < -0.4 is 10.2 Å². The number of fused-ring (bicyclic) bond motifs is 1. The highest BCUT2D eigenvalue weighted by Gasteiger charge is 2.40. The molecule has 0 spiro atoms. The van der Waals surface area contributed by atoms with Gasteiger partial charge in [0.25, 0.3) is 0 Å². The van der Waals surface area contributed by atoms with Crippen LogP contribution in [0.25, 0.3) is 5.69 Å². The topological polar surface area (TPSA) is 67.2 Å². The number of nitrogens with one attached hydrogen (secondary N) is 1. The summed E-state index contributed by atoms with van der Waals surface area (Å²) in [4.78, 5) is 27.8. The molecule has 0 fully saturated rings. The Morgan fingerprint density at radius 1 is 1.11 bits per heavy atom. The van der Waals surface area contributed by atoms with E-state index in [4.69, 9.17) is 5.10 Å². The lowest BCUT2D eigenvalue weighted by molar-refractivity contribution is -0.123. The molecule has 2 amide bonds. The number of amides is 2. The van der Waals surface area contributed by atoms with Crippen molar-refractivity contribution in [2.24, 2.45) is 5.92 Å². The monoisotopic (exact) mass is 544 g/mol. The highest BCUT2D eigenvalue weighted by atomic mass is 32.2. The van der Waals surface area contributed by atoms with E-state index in [0.29, 0.717) is 29.3 Å². The van der Waals surface area contributed by atoms with Crippen molar-refractivity contribution in [2.75, 3.05) is 23.7 Å². The van der Waals surface area contributed by atoms with E-state index in [0.717, 1.165) is 6.07 Å². The van der Waals surface area contributed by atoms with Crippen molar-refractivity contribution in [3.05, 3.63) is 76.7 Å². The molecule has 0 radical (unpaired) electrons. The van der Waals surface area contributed by atoms with Crippen LogP contribution in [0.3, 0.4) is 0 Å². The maximum absolute atomic E-state index is 15.2. The zero-order valence-corrected chi connectivity index (χ0v) is 22.8. The van der Waals surface area contributed by atoms with Gasteiger partial charge in [-0.05, 0) is 36.2 Å². The zero-order chi connectivity index (χ0) is 27.8. The summed E-state index contributed by atoms with van der Waals surface area (Å²) in [6.45, 7) is 9.93. The molecule has 2 heterocycles. The van der Waals surface area contributed by atoms with Gasteiger partial charge in [-0.2, -0.15) is 5.10 Å². The average molecular weight is 545 g/mol. The molecule has 1 N–H and O–H groups in total. The summed E-state index contributed by atoms with van der Waals surface area (Å²) < 4.78 is 44.3. The number of anilines is 1. The number of thioether (sulfide) groups is 1. The van der Waals surface area contributed by atoms with Crippen LogP contribution in [0.5, 0.6) is 0 Å². The number of aromatic nitrogens is 2. The van der Waals surface area contributed by atoms with Gasteiger partial charge in [-0.25, -0.2) is 17.9 Å². The molecule has 4 rings (SSSR count). The summed E-state index contributed by atoms with van der Waals surface area (Å²) in [5.74, 6) is -2.10. The van der Waals surface area contributed by atoms with Crippen LogP contribution in [0.2, 0.25) is 0 Å². The van der Waals surface area contributed by atoms with Gasteiger partial charge >= 0.3 is 0 Å². The molecule has 0 bridgehead atoms. The van der Waals surface area contributed by atoms with Crippen molar-refractivity contribution in [3.63, 3.8) is 0 Å². The lowest BCUT2D eigenvalue weighted by Gasteiger charge is -2.25. The largest absolute Gasteiger partial charge is 0.354 e. The lowest BCUT2D eigenvalue weighted by atomic mass is 9.87. The Labute approximate surface area is 224 Å². The zero-order valence-electron chi connectivity index (χ0n) is 22.0. The molecular weight excluding hydrogens is 513 g/mol. The lowest BCUT2D eigenvalue weighted by Crippen LogP contribution is -2.43. The number of halogens is 3. The highest BCUT2D eigenvalue weighted by molar-refractivity contribution is 8.00. The Morgan fingerprint density at radius 2 is 1.76 bits per heavy atom. The summed E-state index contributed by atoms with van der Waals surface area (Å²) >= 11 is 1.20. The van der Waals surface area contributed by atoms with E-state index in [1.807, 2.05) is 34.6 Å². The number of carbonyl (C=O) groups is 2. The standard InChI is InChI=1S/C28H31F3N4O2S/c1-16(2)13-32-22(36)14-34-23(37)15-38-25(20-11-8-18(30)12-21(20)31)24-26(28(3,4)5)33-35(27(24)34)19-9-6-17(29)7-10-19/h6-12,16,25H,13-15H2,1-5H3,(H,32,36)/t25-/m1/s1. The number of nitrogens with zero attached hydrogens (tertiary/aromatic N) is 3. The third-order valence-electron chi connectivity index (χ3n) is 6.12. The van der Waals surface area contributed by atoms with E-state index in [9.17, 15) is 18.4 Å². The van der Waals surface area contributed by atoms with E-state index >= 15 is 4.39 Å². The van der Waals surface area contributed by atoms with Gasteiger partial charge in [0.1, 0.15) is 29.8 Å². The molecule has 2 aromatic carbocycles. The normalized spacial score (nSPS) is 16.0. The van der Waals surface area contributed by atoms with Gasteiger partial charge < -0.3 is 5.32 Å². The van der Waals surface area contributed by atoms with Crippen LogP contribution in [0.4, 0.5) is 19.0 Å². The minimum atomic E-state index is -0.738. The summed E-state index contributed by atoms with van der Waals surface area (Å²) in [5, 5.41) is 6.99. The van der Waals surface area contributed by atoms with Crippen molar-refractivity contribution in [1.82, 2.24) is 15.1 Å². The van der Waals surface area contributed by atoms with Crippen molar-refractivity contribution in [3.8, 4) is 5.69 Å². The summed E-state index contributed by atoms with van der Waals surface area (Å²) in [6.07, 6.45) is 0. The van der Waals surface area contributed by atoms with E-state index in [1.54, 1.807) is 0 Å². The Balaban J connectivity index is 1.98. The molecule has 202 valence electrons.